The Morgan fingerprint density at radius 1 is 1.50 bits per heavy atom. The number of nitrogens with one attached hydrogen (secondary N) is 1. The van der Waals surface area contributed by atoms with Gasteiger partial charge in [-0.15, -0.1) is 0 Å². The predicted molar refractivity (Wildman–Crippen MR) is 99.8 cm³/mol. The van der Waals surface area contributed by atoms with Gasteiger partial charge in [0.25, 0.3) is 0 Å². The zero-order chi connectivity index (χ0) is 16.9. The summed E-state index contributed by atoms with van der Waals surface area (Å²) in [5, 5.41) is 2.24. The first-order chi connectivity index (χ1) is 10.3. The minimum atomic E-state index is 0.203. The third-order valence-corrected chi connectivity index (χ3v) is 6.66. The largest absolute Gasteiger partial charge is 0.336 e. The Bertz CT molecular complexity index is 394. The fourth-order valence-corrected chi connectivity index (χ4v) is 5.64. The Kier molecular flexibility index (Phi) is 7.92. The average Bonchev–Trinajstić information content (AvgIpc) is 2.43. The molecule has 126 valence electrons. The van der Waals surface area contributed by atoms with E-state index in [0.717, 1.165) is 33.4 Å². The maximum absolute atomic E-state index is 11.9. The Morgan fingerprint density at radius 2 is 2.14 bits per heavy atom. The molecule has 1 N–H and O–H groups in total. The topological polar surface area (TPSA) is 35.6 Å². The van der Waals surface area contributed by atoms with Crippen LogP contribution < -0.4 is 5.43 Å². The van der Waals surface area contributed by atoms with E-state index in [-0.39, 0.29) is 5.91 Å². The Balaban J connectivity index is 2.91. The van der Waals surface area contributed by atoms with Crippen LogP contribution in [0.1, 0.15) is 40.5 Å². The zero-order valence-corrected chi connectivity index (χ0v) is 16.1. The standard InChI is InChI=1S/C16H33BN3OP/c1-8-12(3)18-19(7)16-15(17-6)11(2)9-13(4)20(10-22-16)14(5)21/h11,13,15-18,22H,3,8-10H2,1-2,4-7H3. The molecule has 0 bridgehead atoms. The Hall–Kier alpha value is -0.535. The van der Waals surface area contributed by atoms with Crippen molar-refractivity contribution >= 4 is 21.8 Å². The molecule has 1 heterocycles. The number of allylic oxidation sites excluding steroid dienone is 1. The van der Waals surface area contributed by atoms with Gasteiger partial charge < -0.3 is 10.3 Å². The maximum atomic E-state index is 11.9. The molecule has 0 radical (unpaired) electrons. The number of carbonyl (C=O) groups is 1. The van der Waals surface area contributed by atoms with Gasteiger partial charge in [0.05, 0.1) is 0 Å². The molecule has 1 rings (SSSR count). The van der Waals surface area contributed by atoms with E-state index < -0.39 is 0 Å². The van der Waals surface area contributed by atoms with Crippen LogP contribution in [0.3, 0.4) is 0 Å². The minimum absolute atomic E-state index is 0.203. The molecular weight excluding hydrogens is 292 g/mol. The smallest absolute Gasteiger partial charge is 0.219 e. The van der Waals surface area contributed by atoms with Gasteiger partial charge in [-0.2, -0.15) is 0 Å². The molecule has 0 aromatic heterocycles. The maximum Gasteiger partial charge on any atom is 0.219 e. The van der Waals surface area contributed by atoms with E-state index in [1.165, 1.54) is 7.28 Å². The van der Waals surface area contributed by atoms with E-state index in [0.29, 0.717) is 23.6 Å². The molecule has 0 aromatic rings. The van der Waals surface area contributed by atoms with Crippen LogP contribution in [-0.2, 0) is 4.79 Å². The van der Waals surface area contributed by atoms with E-state index in [4.69, 9.17) is 0 Å². The monoisotopic (exact) mass is 325 g/mol. The molecule has 0 aliphatic carbocycles. The first-order valence-corrected chi connectivity index (χ1v) is 9.78. The van der Waals surface area contributed by atoms with E-state index in [1.807, 2.05) is 0 Å². The predicted octanol–water partition coefficient (Wildman–Crippen LogP) is 2.86. The summed E-state index contributed by atoms with van der Waals surface area (Å²) in [4.78, 5) is 14.0. The van der Waals surface area contributed by atoms with Crippen LogP contribution in [0.5, 0.6) is 0 Å². The zero-order valence-electron chi connectivity index (χ0n) is 15.1. The summed E-state index contributed by atoms with van der Waals surface area (Å²) in [6.07, 6.45) is 2.89. The van der Waals surface area contributed by atoms with Crippen molar-refractivity contribution in [2.45, 2.75) is 65.0 Å². The molecule has 0 aromatic carbocycles. The van der Waals surface area contributed by atoms with Crippen LogP contribution in [0, 0.1) is 5.92 Å². The fraction of sp³-hybridized carbons (Fsp3) is 0.812. The SMILES string of the molecule is C=C(CC)NN(C)C1PCN(C(C)=O)C(C)CC(C)C1BC. The van der Waals surface area contributed by atoms with Crippen molar-refractivity contribution in [3.8, 4) is 0 Å². The Morgan fingerprint density at radius 3 is 2.64 bits per heavy atom. The number of hydrogen-bond donors (Lipinski definition) is 1. The van der Waals surface area contributed by atoms with E-state index in [1.54, 1.807) is 6.92 Å². The van der Waals surface area contributed by atoms with Crippen LogP contribution >= 0.6 is 8.58 Å². The molecule has 6 heteroatoms. The summed E-state index contributed by atoms with van der Waals surface area (Å²) in [5.74, 6) is 1.92. The highest BCUT2D eigenvalue weighted by molar-refractivity contribution is 7.39. The van der Waals surface area contributed by atoms with Crippen molar-refractivity contribution in [3.05, 3.63) is 12.3 Å². The van der Waals surface area contributed by atoms with E-state index in [9.17, 15) is 4.79 Å². The lowest BCUT2D eigenvalue weighted by atomic mass is 9.60. The molecule has 1 aliphatic heterocycles. The van der Waals surface area contributed by atoms with E-state index in [2.05, 4.69) is 56.6 Å². The van der Waals surface area contributed by atoms with Crippen molar-refractivity contribution in [2.24, 2.45) is 5.92 Å². The lowest BCUT2D eigenvalue weighted by Gasteiger charge is -2.43. The van der Waals surface area contributed by atoms with Crippen molar-refractivity contribution in [2.75, 3.05) is 13.3 Å². The molecule has 1 amide bonds. The quantitative estimate of drug-likeness (QED) is 0.480. The summed E-state index contributed by atoms with van der Waals surface area (Å²) in [6.45, 7) is 14.7. The van der Waals surface area contributed by atoms with Crippen molar-refractivity contribution in [3.63, 3.8) is 0 Å². The second-order valence-corrected chi connectivity index (χ2v) is 7.93. The van der Waals surface area contributed by atoms with Gasteiger partial charge in [-0.25, -0.2) is 5.01 Å². The van der Waals surface area contributed by atoms with Crippen LogP contribution in [0.15, 0.2) is 12.3 Å². The number of nitrogens with zero attached hydrogens (tertiary/aromatic N) is 2. The van der Waals surface area contributed by atoms with Gasteiger partial charge >= 0.3 is 0 Å². The lowest BCUT2D eigenvalue weighted by Crippen LogP contribution is -2.48. The summed E-state index contributed by atoms with van der Waals surface area (Å²) >= 11 is 0. The van der Waals surface area contributed by atoms with Crippen molar-refractivity contribution < 1.29 is 4.79 Å². The number of carbonyl (C=O) groups excluding carboxylic acids is 1. The van der Waals surface area contributed by atoms with Gasteiger partial charge in [0.1, 0.15) is 7.28 Å². The average molecular weight is 325 g/mol. The number of hydrogen-bond acceptors (Lipinski definition) is 3. The van der Waals surface area contributed by atoms with Crippen LogP contribution in [0.4, 0.5) is 0 Å². The van der Waals surface area contributed by atoms with Gasteiger partial charge in [0.15, 0.2) is 0 Å². The number of rotatable bonds is 5. The summed E-state index contributed by atoms with van der Waals surface area (Å²) < 4.78 is 0. The van der Waals surface area contributed by atoms with Crippen LogP contribution in [-0.4, -0.2) is 48.3 Å². The number of hydrazine groups is 1. The normalized spacial score (nSPS) is 30.8. The first kappa shape index (κ1) is 19.5. The summed E-state index contributed by atoms with van der Waals surface area (Å²) in [7, 11) is 4.02. The third kappa shape index (κ3) is 4.99. The Labute approximate surface area is 139 Å². The summed E-state index contributed by atoms with van der Waals surface area (Å²) in [5.41, 5.74) is 4.48. The highest BCUT2D eigenvalue weighted by Gasteiger charge is 2.34. The molecule has 1 saturated heterocycles. The highest BCUT2D eigenvalue weighted by Crippen LogP contribution is 2.41. The number of amides is 1. The summed E-state index contributed by atoms with van der Waals surface area (Å²) in [6, 6.07) is 0.346. The lowest BCUT2D eigenvalue weighted by molar-refractivity contribution is -0.130. The molecular formula is C16H33BN3OP. The van der Waals surface area contributed by atoms with Crippen molar-refractivity contribution in [1.82, 2.24) is 15.3 Å². The first-order valence-electron chi connectivity index (χ1n) is 8.49. The fourth-order valence-electron chi connectivity index (χ4n) is 3.52. The molecule has 4 nitrogen and oxygen atoms in total. The second kappa shape index (κ2) is 8.93. The molecule has 5 atom stereocenters. The van der Waals surface area contributed by atoms with Gasteiger partial charge in [0.2, 0.25) is 5.91 Å². The molecule has 5 unspecified atom stereocenters. The van der Waals surface area contributed by atoms with Gasteiger partial charge in [-0.05, 0) is 31.5 Å². The van der Waals surface area contributed by atoms with Gasteiger partial charge in [-0.1, -0.05) is 35.8 Å². The minimum Gasteiger partial charge on any atom is -0.336 e. The second-order valence-electron chi connectivity index (χ2n) is 6.61. The van der Waals surface area contributed by atoms with Crippen LogP contribution in [0.25, 0.3) is 0 Å². The van der Waals surface area contributed by atoms with Crippen LogP contribution in [0.2, 0.25) is 12.6 Å². The molecule has 1 fully saturated rings. The van der Waals surface area contributed by atoms with Gasteiger partial charge in [0, 0.05) is 37.8 Å². The molecule has 0 spiro atoms. The highest BCUT2D eigenvalue weighted by atomic mass is 31.1. The van der Waals surface area contributed by atoms with E-state index >= 15 is 0 Å². The molecule has 0 saturated carbocycles. The van der Waals surface area contributed by atoms with Gasteiger partial charge in [-0.3, -0.25) is 4.79 Å². The molecule has 1 aliphatic rings. The molecule has 22 heavy (non-hydrogen) atoms. The van der Waals surface area contributed by atoms with Crippen molar-refractivity contribution in [1.29, 1.82) is 0 Å². The third-order valence-electron chi connectivity index (χ3n) is 4.91.